The molecular weight excluding hydrogens is 286 g/mol. The fourth-order valence-corrected chi connectivity index (χ4v) is 4.76. The molecular formula is C19H35N3O. The summed E-state index contributed by atoms with van der Waals surface area (Å²) in [6.07, 6.45) is 8.88. The second kappa shape index (κ2) is 7.98. The van der Waals surface area contributed by atoms with Crippen LogP contribution in [0.4, 0.5) is 0 Å². The minimum absolute atomic E-state index is 0.354. The van der Waals surface area contributed by atoms with E-state index in [1.807, 2.05) is 0 Å². The maximum atomic E-state index is 12.0. The van der Waals surface area contributed by atoms with Gasteiger partial charge < -0.3 is 9.80 Å². The Bertz CT molecular complexity index is 392. The lowest BCUT2D eigenvalue weighted by atomic mass is 9.95. The lowest BCUT2D eigenvalue weighted by Crippen LogP contribution is -2.47. The van der Waals surface area contributed by atoms with Crippen molar-refractivity contribution in [1.82, 2.24) is 14.7 Å². The summed E-state index contributed by atoms with van der Waals surface area (Å²) in [4.78, 5) is 19.6. The molecule has 0 N–H and O–H groups in total. The lowest BCUT2D eigenvalue weighted by molar-refractivity contribution is -0.136. The quantitative estimate of drug-likeness (QED) is 0.796. The van der Waals surface area contributed by atoms with E-state index in [-0.39, 0.29) is 0 Å². The Morgan fingerprint density at radius 1 is 1.00 bits per heavy atom. The largest absolute Gasteiger partial charge is 0.340 e. The molecule has 0 bridgehead atoms. The van der Waals surface area contributed by atoms with Gasteiger partial charge in [0.2, 0.25) is 5.91 Å². The van der Waals surface area contributed by atoms with E-state index in [1.54, 1.807) is 0 Å². The molecule has 0 radical (unpaired) electrons. The molecule has 3 fully saturated rings. The van der Waals surface area contributed by atoms with Crippen molar-refractivity contribution in [1.29, 1.82) is 0 Å². The number of piperidine rings is 1. The molecule has 3 rings (SSSR count). The van der Waals surface area contributed by atoms with E-state index in [0.29, 0.717) is 17.9 Å². The van der Waals surface area contributed by atoms with Crippen LogP contribution in [-0.2, 0) is 4.79 Å². The standard InChI is InChI=1S/C19H35N3O/c1-16(2)22-15-17(8-9-19(22)23)14-20-10-5-11-21(13-12-20)18-6-3-4-7-18/h16-18H,3-15H2,1-2H3. The molecule has 0 aromatic heterocycles. The summed E-state index contributed by atoms with van der Waals surface area (Å²) in [5, 5.41) is 0. The van der Waals surface area contributed by atoms with Gasteiger partial charge in [0.15, 0.2) is 0 Å². The average molecular weight is 322 g/mol. The predicted octanol–water partition coefficient (Wildman–Crippen LogP) is 2.58. The van der Waals surface area contributed by atoms with Crippen LogP contribution in [0.5, 0.6) is 0 Å². The molecule has 2 saturated heterocycles. The highest BCUT2D eigenvalue weighted by molar-refractivity contribution is 5.77. The van der Waals surface area contributed by atoms with Crippen molar-refractivity contribution in [2.75, 3.05) is 39.3 Å². The van der Waals surface area contributed by atoms with Gasteiger partial charge in [-0.15, -0.1) is 0 Å². The Balaban J connectivity index is 1.47. The summed E-state index contributed by atoms with van der Waals surface area (Å²) in [6, 6.07) is 1.23. The first kappa shape index (κ1) is 17.2. The molecule has 1 unspecified atom stereocenters. The minimum Gasteiger partial charge on any atom is -0.340 e. The molecule has 2 heterocycles. The van der Waals surface area contributed by atoms with Crippen molar-refractivity contribution in [3.8, 4) is 0 Å². The molecule has 4 heteroatoms. The van der Waals surface area contributed by atoms with E-state index in [1.165, 1.54) is 64.8 Å². The van der Waals surface area contributed by atoms with E-state index in [2.05, 4.69) is 28.5 Å². The van der Waals surface area contributed by atoms with E-state index in [4.69, 9.17) is 0 Å². The Hall–Kier alpha value is -0.610. The van der Waals surface area contributed by atoms with Gasteiger partial charge in [0.25, 0.3) is 0 Å². The molecule has 0 aromatic carbocycles. The minimum atomic E-state index is 0.354. The van der Waals surface area contributed by atoms with Crippen molar-refractivity contribution < 1.29 is 4.79 Å². The highest BCUT2D eigenvalue weighted by Gasteiger charge is 2.30. The van der Waals surface area contributed by atoms with Crippen molar-refractivity contribution in [3.63, 3.8) is 0 Å². The average Bonchev–Trinajstić information content (AvgIpc) is 2.96. The number of carbonyl (C=O) groups is 1. The Morgan fingerprint density at radius 3 is 2.52 bits per heavy atom. The Kier molecular flexibility index (Phi) is 5.97. The van der Waals surface area contributed by atoms with E-state index in [9.17, 15) is 4.79 Å². The van der Waals surface area contributed by atoms with Gasteiger partial charge in [-0.05, 0) is 58.5 Å². The SMILES string of the molecule is CC(C)N1CC(CN2CCCN(C3CCCC3)CC2)CCC1=O. The van der Waals surface area contributed by atoms with E-state index < -0.39 is 0 Å². The van der Waals surface area contributed by atoms with Crippen LogP contribution in [0, 0.1) is 5.92 Å². The van der Waals surface area contributed by atoms with Crippen molar-refractivity contribution in [2.24, 2.45) is 5.92 Å². The lowest BCUT2D eigenvalue weighted by Gasteiger charge is -2.37. The zero-order chi connectivity index (χ0) is 16.2. The highest BCUT2D eigenvalue weighted by atomic mass is 16.2. The fourth-order valence-electron chi connectivity index (χ4n) is 4.76. The molecule has 0 spiro atoms. The Morgan fingerprint density at radius 2 is 1.78 bits per heavy atom. The first-order chi connectivity index (χ1) is 11.1. The Labute approximate surface area is 142 Å². The maximum absolute atomic E-state index is 12.0. The fraction of sp³-hybridized carbons (Fsp3) is 0.947. The molecule has 1 saturated carbocycles. The summed E-state index contributed by atoms with van der Waals surface area (Å²) in [6.45, 7) is 11.5. The summed E-state index contributed by atoms with van der Waals surface area (Å²) in [5.74, 6) is 1.03. The summed E-state index contributed by atoms with van der Waals surface area (Å²) in [7, 11) is 0. The first-order valence-corrected chi connectivity index (χ1v) is 9.89. The number of nitrogens with zero attached hydrogens (tertiary/aromatic N) is 3. The van der Waals surface area contributed by atoms with Gasteiger partial charge in [0.1, 0.15) is 0 Å². The molecule has 1 atom stereocenters. The van der Waals surface area contributed by atoms with Crippen LogP contribution in [0.3, 0.4) is 0 Å². The summed E-state index contributed by atoms with van der Waals surface area (Å²) >= 11 is 0. The number of amides is 1. The van der Waals surface area contributed by atoms with Gasteiger partial charge in [0.05, 0.1) is 0 Å². The molecule has 132 valence electrons. The number of carbonyl (C=O) groups excluding carboxylic acids is 1. The van der Waals surface area contributed by atoms with Crippen LogP contribution in [0.2, 0.25) is 0 Å². The van der Waals surface area contributed by atoms with Gasteiger partial charge in [-0.2, -0.15) is 0 Å². The van der Waals surface area contributed by atoms with Crippen molar-refractivity contribution in [3.05, 3.63) is 0 Å². The molecule has 4 nitrogen and oxygen atoms in total. The zero-order valence-corrected chi connectivity index (χ0v) is 15.2. The first-order valence-electron chi connectivity index (χ1n) is 9.89. The predicted molar refractivity (Wildman–Crippen MR) is 94.5 cm³/mol. The second-order valence-electron chi connectivity index (χ2n) is 8.17. The number of hydrogen-bond donors (Lipinski definition) is 0. The molecule has 2 aliphatic heterocycles. The highest BCUT2D eigenvalue weighted by Crippen LogP contribution is 2.25. The van der Waals surface area contributed by atoms with Crippen LogP contribution in [0.15, 0.2) is 0 Å². The third-order valence-corrected chi connectivity index (χ3v) is 6.15. The zero-order valence-electron chi connectivity index (χ0n) is 15.2. The summed E-state index contributed by atoms with van der Waals surface area (Å²) < 4.78 is 0. The normalized spacial score (nSPS) is 29.4. The third-order valence-electron chi connectivity index (χ3n) is 6.15. The van der Waals surface area contributed by atoms with Crippen LogP contribution >= 0.6 is 0 Å². The topological polar surface area (TPSA) is 26.8 Å². The maximum Gasteiger partial charge on any atom is 0.222 e. The van der Waals surface area contributed by atoms with Crippen LogP contribution in [0.25, 0.3) is 0 Å². The molecule has 0 aromatic rings. The number of hydrogen-bond acceptors (Lipinski definition) is 3. The number of likely N-dealkylation sites (tertiary alicyclic amines) is 1. The van der Waals surface area contributed by atoms with Crippen molar-refractivity contribution >= 4 is 5.91 Å². The molecule has 1 amide bonds. The molecule has 3 aliphatic rings. The van der Waals surface area contributed by atoms with Gasteiger partial charge in [0, 0.05) is 44.7 Å². The van der Waals surface area contributed by atoms with Gasteiger partial charge in [-0.25, -0.2) is 0 Å². The third kappa shape index (κ3) is 4.48. The van der Waals surface area contributed by atoms with Gasteiger partial charge in [-0.3, -0.25) is 9.69 Å². The van der Waals surface area contributed by atoms with Crippen LogP contribution < -0.4 is 0 Å². The van der Waals surface area contributed by atoms with Gasteiger partial charge >= 0.3 is 0 Å². The number of rotatable bonds is 4. The van der Waals surface area contributed by atoms with Crippen molar-refractivity contribution in [2.45, 2.75) is 70.9 Å². The smallest absolute Gasteiger partial charge is 0.222 e. The summed E-state index contributed by atoms with van der Waals surface area (Å²) in [5.41, 5.74) is 0. The monoisotopic (exact) mass is 321 g/mol. The van der Waals surface area contributed by atoms with E-state index >= 15 is 0 Å². The molecule has 23 heavy (non-hydrogen) atoms. The van der Waals surface area contributed by atoms with Gasteiger partial charge in [-0.1, -0.05) is 12.8 Å². The molecule has 1 aliphatic carbocycles. The van der Waals surface area contributed by atoms with Crippen LogP contribution in [0.1, 0.15) is 58.8 Å². The second-order valence-corrected chi connectivity index (χ2v) is 8.17. The van der Waals surface area contributed by atoms with Crippen LogP contribution in [-0.4, -0.2) is 72.0 Å². The van der Waals surface area contributed by atoms with E-state index in [0.717, 1.165) is 25.4 Å².